The van der Waals surface area contributed by atoms with Crippen molar-refractivity contribution in [1.82, 2.24) is 15.3 Å². The zero-order valence-corrected chi connectivity index (χ0v) is 15.8. The summed E-state index contributed by atoms with van der Waals surface area (Å²) in [6.07, 6.45) is 5.37. The van der Waals surface area contributed by atoms with Crippen LogP contribution in [0.3, 0.4) is 0 Å². The second-order valence-corrected chi connectivity index (χ2v) is 6.56. The normalized spacial score (nSPS) is 11.2. The van der Waals surface area contributed by atoms with Crippen molar-refractivity contribution >= 4 is 23.0 Å². The lowest BCUT2D eigenvalue weighted by atomic mass is 10.0. The molecule has 29 heavy (non-hydrogen) atoms. The van der Waals surface area contributed by atoms with Crippen LogP contribution in [-0.2, 0) is 4.79 Å². The minimum absolute atomic E-state index is 0.0650. The molecule has 0 radical (unpaired) electrons. The molecule has 0 bridgehead atoms. The molecule has 0 atom stereocenters. The summed E-state index contributed by atoms with van der Waals surface area (Å²) in [4.78, 5) is 19.6. The van der Waals surface area contributed by atoms with Gasteiger partial charge in [0.15, 0.2) is 0 Å². The van der Waals surface area contributed by atoms with E-state index in [1.807, 2.05) is 60.9 Å². The van der Waals surface area contributed by atoms with Crippen LogP contribution >= 0.6 is 0 Å². The topological polar surface area (TPSA) is 81.6 Å². The van der Waals surface area contributed by atoms with E-state index in [4.69, 9.17) is 0 Å². The number of H-pyrrole nitrogens is 1. The zero-order valence-electron chi connectivity index (χ0n) is 15.8. The number of nitrogens with zero attached hydrogens (tertiary/aromatic N) is 2. The van der Waals surface area contributed by atoms with Crippen LogP contribution in [0, 0.1) is 11.3 Å². The molecule has 1 amide bonds. The Hall–Kier alpha value is -4.17. The molecule has 2 aromatic heterocycles. The van der Waals surface area contributed by atoms with Crippen LogP contribution in [0.4, 0.5) is 0 Å². The van der Waals surface area contributed by atoms with Crippen LogP contribution in [0.25, 0.3) is 39.4 Å². The summed E-state index contributed by atoms with van der Waals surface area (Å²) in [5.74, 6) is -0.402. The van der Waals surface area contributed by atoms with Gasteiger partial charge in [-0.3, -0.25) is 4.79 Å². The van der Waals surface area contributed by atoms with E-state index in [1.165, 1.54) is 7.05 Å². The van der Waals surface area contributed by atoms with Gasteiger partial charge in [0.25, 0.3) is 5.91 Å². The van der Waals surface area contributed by atoms with Crippen molar-refractivity contribution in [2.75, 3.05) is 7.05 Å². The lowest BCUT2D eigenvalue weighted by Crippen LogP contribution is -2.19. The number of likely N-dealkylation sites (N-methyl/N-ethyl adjacent to an activating group) is 1. The maximum absolute atomic E-state index is 11.8. The number of rotatable bonds is 4. The molecule has 0 fully saturated rings. The Morgan fingerprint density at radius 3 is 2.62 bits per heavy atom. The summed E-state index contributed by atoms with van der Waals surface area (Å²) in [6, 6.07) is 21.9. The number of hydrogen-bond acceptors (Lipinski definition) is 3. The second kappa shape index (κ2) is 7.83. The second-order valence-electron chi connectivity index (χ2n) is 6.56. The zero-order chi connectivity index (χ0) is 20.2. The van der Waals surface area contributed by atoms with E-state index in [0.29, 0.717) is 0 Å². The number of carbonyl (C=O) groups excluding carboxylic acids is 1. The van der Waals surface area contributed by atoms with Crippen LogP contribution in [0.15, 0.2) is 78.6 Å². The van der Waals surface area contributed by atoms with Crippen LogP contribution in [0.1, 0.15) is 5.56 Å². The van der Waals surface area contributed by atoms with E-state index in [0.717, 1.165) is 38.9 Å². The number of hydrogen-bond donors (Lipinski definition) is 2. The van der Waals surface area contributed by atoms with Gasteiger partial charge < -0.3 is 10.3 Å². The Kier molecular flexibility index (Phi) is 4.91. The van der Waals surface area contributed by atoms with Crippen molar-refractivity contribution in [3.63, 3.8) is 0 Å². The molecule has 2 heterocycles. The number of carbonyl (C=O) groups is 1. The lowest BCUT2D eigenvalue weighted by Gasteiger charge is -2.05. The summed E-state index contributed by atoms with van der Waals surface area (Å²) >= 11 is 0. The number of aromatic nitrogens is 2. The van der Waals surface area contributed by atoms with Crippen molar-refractivity contribution in [2.45, 2.75) is 0 Å². The van der Waals surface area contributed by atoms with Gasteiger partial charge in [0.1, 0.15) is 17.3 Å². The van der Waals surface area contributed by atoms with Crippen LogP contribution in [0.2, 0.25) is 0 Å². The minimum atomic E-state index is -0.402. The highest BCUT2D eigenvalue weighted by molar-refractivity contribution is 6.01. The summed E-state index contributed by atoms with van der Waals surface area (Å²) in [6.45, 7) is 0. The molecule has 2 N–H and O–H groups in total. The third-order valence-corrected chi connectivity index (χ3v) is 4.74. The fraction of sp³-hybridized carbons (Fsp3) is 0.0417. The molecule has 0 aliphatic rings. The molecule has 0 aliphatic heterocycles. The molecule has 5 nitrogen and oxygen atoms in total. The summed E-state index contributed by atoms with van der Waals surface area (Å²) in [5.41, 5.74) is 5.81. The van der Waals surface area contributed by atoms with Gasteiger partial charge in [0.05, 0.1) is 0 Å². The summed E-state index contributed by atoms with van der Waals surface area (Å²) in [7, 11) is 1.51. The predicted molar refractivity (Wildman–Crippen MR) is 115 cm³/mol. The van der Waals surface area contributed by atoms with E-state index in [9.17, 15) is 10.1 Å². The molecule has 2 aromatic carbocycles. The summed E-state index contributed by atoms with van der Waals surface area (Å²) in [5, 5.41) is 12.7. The maximum atomic E-state index is 11.8. The molecule has 4 rings (SSSR count). The van der Waals surface area contributed by atoms with Gasteiger partial charge in [-0.25, -0.2) is 4.98 Å². The molecule has 140 valence electrons. The molecule has 0 unspecified atom stereocenters. The van der Waals surface area contributed by atoms with Gasteiger partial charge in [-0.1, -0.05) is 48.5 Å². The Balaban J connectivity index is 1.77. The molecule has 0 saturated carbocycles. The Morgan fingerprint density at radius 1 is 1.07 bits per heavy atom. The van der Waals surface area contributed by atoms with Gasteiger partial charge in [-0.05, 0) is 34.9 Å². The highest BCUT2D eigenvalue weighted by atomic mass is 16.1. The molecule has 0 spiro atoms. The van der Waals surface area contributed by atoms with Gasteiger partial charge in [-0.15, -0.1) is 0 Å². The summed E-state index contributed by atoms with van der Waals surface area (Å²) < 4.78 is 0. The first-order valence-electron chi connectivity index (χ1n) is 9.16. The number of amides is 1. The quantitative estimate of drug-likeness (QED) is 0.404. The minimum Gasteiger partial charge on any atom is -0.354 e. The maximum Gasteiger partial charge on any atom is 0.261 e. The fourth-order valence-corrected chi connectivity index (χ4v) is 3.28. The van der Waals surface area contributed by atoms with Gasteiger partial charge in [0.2, 0.25) is 0 Å². The van der Waals surface area contributed by atoms with Gasteiger partial charge in [-0.2, -0.15) is 5.26 Å². The monoisotopic (exact) mass is 378 g/mol. The fourth-order valence-electron chi connectivity index (χ4n) is 3.28. The molecule has 4 aromatic rings. The van der Waals surface area contributed by atoms with Crippen molar-refractivity contribution in [2.24, 2.45) is 0 Å². The van der Waals surface area contributed by atoms with Gasteiger partial charge in [0, 0.05) is 36.0 Å². The Bertz CT molecular complexity index is 1260. The Labute approximate surface area is 168 Å². The van der Waals surface area contributed by atoms with Gasteiger partial charge >= 0.3 is 0 Å². The van der Waals surface area contributed by atoms with E-state index in [2.05, 4.69) is 33.5 Å². The third-order valence-electron chi connectivity index (χ3n) is 4.74. The van der Waals surface area contributed by atoms with E-state index >= 15 is 0 Å². The standard InChI is InChI=1S/C24H18N4O/c1-26-24(29)19(13-25)11-16-6-5-9-18(10-16)20-12-21-22(15-28-23(21)27-14-20)17-7-3-2-4-8-17/h2-12,14-15H,1H3,(H,26,29)(H,27,28). The van der Waals surface area contributed by atoms with E-state index in [1.54, 1.807) is 6.08 Å². The largest absolute Gasteiger partial charge is 0.354 e. The highest BCUT2D eigenvalue weighted by Gasteiger charge is 2.10. The number of nitrogens with one attached hydrogen (secondary N) is 2. The van der Waals surface area contributed by atoms with Crippen LogP contribution in [-0.4, -0.2) is 22.9 Å². The number of pyridine rings is 1. The first-order valence-corrected chi connectivity index (χ1v) is 9.16. The van der Waals surface area contributed by atoms with E-state index in [-0.39, 0.29) is 5.57 Å². The van der Waals surface area contributed by atoms with Crippen molar-refractivity contribution in [1.29, 1.82) is 5.26 Å². The lowest BCUT2D eigenvalue weighted by molar-refractivity contribution is -0.116. The molecule has 0 aliphatic carbocycles. The van der Waals surface area contributed by atoms with Crippen molar-refractivity contribution in [3.8, 4) is 28.3 Å². The van der Waals surface area contributed by atoms with Crippen LogP contribution in [0.5, 0.6) is 0 Å². The Morgan fingerprint density at radius 2 is 1.86 bits per heavy atom. The number of aromatic amines is 1. The number of nitriles is 1. The molecule has 5 heteroatoms. The molecule has 0 saturated heterocycles. The molecular weight excluding hydrogens is 360 g/mol. The number of fused-ring (bicyclic) bond motifs is 1. The average Bonchev–Trinajstić information content (AvgIpc) is 3.21. The highest BCUT2D eigenvalue weighted by Crippen LogP contribution is 2.31. The molecular formula is C24H18N4O. The third kappa shape index (κ3) is 3.64. The average molecular weight is 378 g/mol. The van der Waals surface area contributed by atoms with Crippen molar-refractivity contribution < 1.29 is 4.79 Å². The number of benzene rings is 2. The smallest absolute Gasteiger partial charge is 0.261 e. The van der Waals surface area contributed by atoms with Crippen molar-refractivity contribution in [3.05, 3.63) is 84.2 Å². The SMILES string of the molecule is CNC(=O)C(C#N)=Cc1cccc(-c2cnc3[nH]cc(-c4ccccc4)c3c2)c1. The first-order chi connectivity index (χ1) is 14.2. The van der Waals surface area contributed by atoms with E-state index < -0.39 is 5.91 Å². The predicted octanol–water partition coefficient (Wildman–Crippen LogP) is 4.55. The first kappa shape index (κ1) is 18.2. The van der Waals surface area contributed by atoms with Crippen LogP contribution < -0.4 is 5.32 Å².